The van der Waals surface area contributed by atoms with Crippen LogP contribution in [0.3, 0.4) is 0 Å². The average Bonchev–Trinajstić information content (AvgIpc) is 3.02. The first kappa shape index (κ1) is 19.1. The van der Waals surface area contributed by atoms with Crippen molar-refractivity contribution in [1.82, 2.24) is 0 Å². The van der Waals surface area contributed by atoms with E-state index in [1.165, 1.54) is 19.3 Å². The number of allylic oxidation sites excluding steroid dienone is 1. The van der Waals surface area contributed by atoms with Crippen LogP contribution in [0.2, 0.25) is 0 Å². The summed E-state index contributed by atoms with van der Waals surface area (Å²) in [6, 6.07) is 6.77. The number of carbonyl (C=O) groups is 1. The third-order valence-corrected chi connectivity index (χ3v) is 4.27. The van der Waals surface area contributed by atoms with Gasteiger partial charge in [0, 0.05) is 34.8 Å². The number of halogens is 1. The van der Waals surface area contributed by atoms with Gasteiger partial charge in [0.15, 0.2) is 0 Å². The number of carbonyl (C=O) groups excluding carboxylic acids is 1. The van der Waals surface area contributed by atoms with Gasteiger partial charge in [-0.15, -0.1) is 0 Å². The highest BCUT2D eigenvalue weighted by atomic mass is 19.1. The third kappa shape index (κ3) is 3.71. The monoisotopic (exact) mass is 384 g/mol. The standard InChI is InChI=1S/C20H17FN2O5/c1-11(14-8-15-12(2)10-28-19(15)9-18(14)27-3)6-20(24)22-13-4-5-16(21)17(7-13)23(25)26/h4-10H,1-3H3,(H,22,24)/b11-6+. The number of methoxy groups -OCH3 is 1. The zero-order valence-electron chi connectivity index (χ0n) is 15.4. The van der Waals surface area contributed by atoms with Gasteiger partial charge in [0.2, 0.25) is 11.7 Å². The minimum atomic E-state index is -0.969. The Morgan fingerprint density at radius 3 is 2.75 bits per heavy atom. The summed E-state index contributed by atoms with van der Waals surface area (Å²) in [6.45, 7) is 3.65. The van der Waals surface area contributed by atoms with Crippen molar-refractivity contribution in [2.75, 3.05) is 12.4 Å². The summed E-state index contributed by atoms with van der Waals surface area (Å²) < 4.78 is 24.3. The van der Waals surface area contributed by atoms with Gasteiger partial charge in [0.1, 0.15) is 11.3 Å². The van der Waals surface area contributed by atoms with Crippen molar-refractivity contribution in [3.05, 3.63) is 69.7 Å². The van der Waals surface area contributed by atoms with Crippen LogP contribution in [0.15, 0.2) is 47.1 Å². The van der Waals surface area contributed by atoms with Crippen molar-refractivity contribution in [2.24, 2.45) is 0 Å². The molecule has 144 valence electrons. The Labute approximate surface area is 159 Å². The van der Waals surface area contributed by atoms with Gasteiger partial charge >= 0.3 is 5.69 Å². The number of fused-ring (bicyclic) bond motifs is 1. The molecule has 0 saturated carbocycles. The molecule has 2 aromatic carbocycles. The first-order valence-corrected chi connectivity index (χ1v) is 8.29. The second kappa shape index (κ2) is 7.51. The van der Waals surface area contributed by atoms with Crippen LogP contribution in [0, 0.1) is 22.9 Å². The molecule has 0 atom stereocenters. The smallest absolute Gasteiger partial charge is 0.306 e. The maximum atomic E-state index is 13.4. The summed E-state index contributed by atoms with van der Waals surface area (Å²) >= 11 is 0. The fraction of sp³-hybridized carbons (Fsp3) is 0.150. The van der Waals surface area contributed by atoms with Gasteiger partial charge < -0.3 is 14.5 Å². The number of rotatable bonds is 5. The molecule has 0 fully saturated rings. The SMILES string of the molecule is COc1cc2occ(C)c2cc1/C(C)=C/C(=O)Nc1ccc(F)c([N+](=O)[O-])c1. The number of nitro benzene ring substituents is 1. The van der Waals surface area contributed by atoms with E-state index in [4.69, 9.17) is 9.15 Å². The minimum absolute atomic E-state index is 0.121. The van der Waals surface area contributed by atoms with Crippen LogP contribution in [0.1, 0.15) is 18.1 Å². The van der Waals surface area contributed by atoms with Crippen LogP contribution in [-0.4, -0.2) is 17.9 Å². The number of nitro groups is 1. The molecule has 1 heterocycles. The van der Waals surface area contributed by atoms with E-state index in [1.54, 1.807) is 19.3 Å². The number of furan rings is 1. The summed E-state index contributed by atoms with van der Waals surface area (Å²) in [5.74, 6) is -0.937. The molecule has 28 heavy (non-hydrogen) atoms. The number of nitrogens with one attached hydrogen (secondary N) is 1. The number of nitrogens with zero attached hydrogens (tertiary/aromatic N) is 1. The van der Waals surface area contributed by atoms with Gasteiger partial charge in [-0.2, -0.15) is 4.39 Å². The van der Waals surface area contributed by atoms with E-state index in [0.29, 0.717) is 22.5 Å². The van der Waals surface area contributed by atoms with E-state index < -0.39 is 22.3 Å². The van der Waals surface area contributed by atoms with Gasteiger partial charge in [-0.25, -0.2) is 0 Å². The summed E-state index contributed by atoms with van der Waals surface area (Å²) in [6.07, 6.45) is 2.98. The molecule has 3 rings (SSSR count). The molecule has 0 radical (unpaired) electrons. The topological polar surface area (TPSA) is 94.6 Å². The average molecular weight is 384 g/mol. The Kier molecular flexibility index (Phi) is 5.12. The molecule has 0 unspecified atom stereocenters. The molecule has 0 bridgehead atoms. The van der Waals surface area contributed by atoms with Crippen molar-refractivity contribution >= 4 is 33.8 Å². The largest absolute Gasteiger partial charge is 0.496 e. The highest BCUT2D eigenvalue weighted by Crippen LogP contribution is 2.33. The van der Waals surface area contributed by atoms with Crippen molar-refractivity contribution in [2.45, 2.75) is 13.8 Å². The van der Waals surface area contributed by atoms with Crippen LogP contribution in [-0.2, 0) is 4.79 Å². The lowest BCUT2D eigenvalue weighted by atomic mass is 10.0. The molecule has 0 spiro atoms. The van der Waals surface area contributed by atoms with E-state index in [1.807, 2.05) is 13.0 Å². The number of hydrogen-bond acceptors (Lipinski definition) is 5. The molecule has 1 aromatic heterocycles. The quantitative estimate of drug-likeness (QED) is 0.386. The zero-order chi connectivity index (χ0) is 20.4. The Balaban J connectivity index is 1.90. The van der Waals surface area contributed by atoms with Gasteiger partial charge in [0.25, 0.3) is 0 Å². The molecule has 0 aliphatic heterocycles. The van der Waals surface area contributed by atoms with Crippen molar-refractivity contribution in [3.8, 4) is 5.75 Å². The van der Waals surface area contributed by atoms with Gasteiger partial charge in [-0.1, -0.05) is 0 Å². The summed E-state index contributed by atoms with van der Waals surface area (Å²) in [7, 11) is 1.52. The highest BCUT2D eigenvalue weighted by Gasteiger charge is 2.16. The molecule has 8 heteroatoms. The number of aryl methyl sites for hydroxylation is 1. The Morgan fingerprint density at radius 2 is 2.07 bits per heavy atom. The first-order valence-electron chi connectivity index (χ1n) is 8.29. The molecule has 0 aliphatic rings. The lowest BCUT2D eigenvalue weighted by Crippen LogP contribution is -2.09. The second-order valence-corrected chi connectivity index (χ2v) is 6.21. The van der Waals surface area contributed by atoms with E-state index in [2.05, 4.69) is 5.32 Å². The van der Waals surface area contributed by atoms with Crippen LogP contribution < -0.4 is 10.1 Å². The van der Waals surface area contributed by atoms with Crippen molar-refractivity contribution in [1.29, 1.82) is 0 Å². The highest BCUT2D eigenvalue weighted by molar-refractivity contribution is 6.04. The van der Waals surface area contributed by atoms with Crippen LogP contribution in [0.4, 0.5) is 15.8 Å². The van der Waals surface area contributed by atoms with Crippen LogP contribution in [0.5, 0.6) is 5.75 Å². The predicted octanol–water partition coefficient (Wildman–Crippen LogP) is 4.84. The molecular formula is C20H17FN2O5. The van der Waals surface area contributed by atoms with Crippen molar-refractivity contribution in [3.63, 3.8) is 0 Å². The summed E-state index contributed by atoms with van der Waals surface area (Å²) in [5, 5.41) is 14.2. The molecular weight excluding hydrogens is 367 g/mol. The molecule has 1 N–H and O–H groups in total. The van der Waals surface area contributed by atoms with E-state index in [0.717, 1.165) is 23.1 Å². The normalized spacial score (nSPS) is 11.5. The van der Waals surface area contributed by atoms with E-state index in [9.17, 15) is 19.3 Å². The molecule has 7 nitrogen and oxygen atoms in total. The van der Waals surface area contributed by atoms with E-state index >= 15 is 0 Å². The number of ether oxygens (including phenoxy) is 1. The number of hydrogen-bond donors (Lipinski definition) is 1. The number of anilines is 1. The number of amides is 1. The first-order chi connectivity index (χ1) is 13.3. The summed E-state index contributed by atoms with van der Waals surface area (Å²) in [5.41, 5.74) is 2.37. The zero-order valence-corrected chi connectivity index (χ0v) is 15.4. The third-order valence-electron chi connectivity index (χ3n) is 4.27. The Morgan fingerprint density at radius 1 is 1.32 bits per heavy atom. The van der Waals surface area contributed by atoms with Crippen LogP contribution in [0.25, 0.3) is 16.5 Å². The van der Waals surface area contributed by atoms with E-state index in [-0.39, 0.29) is 5.69 Å². The van der Waals surface area contributed by atoms with Crippen LogP contribution >= 0.6 is 0 Å². The van der Waals surface area contributed by atoms with Gasteiger partial charge in [-0.05, 0) is 43.2 Å². The maximum absolute atomic E-state index is 13.4. The van der Waals surface area contributed by atoms with Crippen molar-refractivity contribution < 1.29 is 23.3 Å². The molecule has 3 aromatic rings. The summed E-state index contributed by atoms with van der Waals surface area (Å²) in [4.78, 5) is 22.3. The molecule has 0 aliphatic carbocycles. The predicted molar refractivity (Wildman–Crippen MR) is 103 cm³/mol. The van der Waals surface area contributed by atoms with Gasteiger partial charge in [0.05, 0.1) is 18.3 Å². The molecule has 0 saturated heterocycles. The Hall–Kier alpha value is -3.68. The number of benzene rings is 2. The second-order valence-electron chi connectivity index (χ2n) is 6.21. The fourth-order valence-corrected chi connectivity index (χ4v) is 2.84. The fourth-order valence-electron chi connectivity index (χ4n) is 2.84. The van der Waals surface area contributed by atoms with Gasteiger partial charge in [-0.3, -0.25) is 14.9 Å². The molecule has 1 amide bonds. The Bertz CT molecular complexity index is 1120. The lowest BCUT2D eigenvalue weighted by Gasteiger charge is -2.10. The minimum Gasteiger partial charge on any atom is -0.496 e. The lowest BCUT2D eigenvalue weighted by molar-refractivity contribution is -0.387. The maximum Gasteiger partial charge on any atom is 0.306 e.